The minimum Gasteiger partial charge on any atom is -0.495 e. The average Bonchev–Trinajstić information content (AvgIpc) is 2.09. The molecule has 0 heterocycles. The number of hydrogen-bond acceptors (Lipinski definition) is 2. The third-order valence-corrected chi connectivity index (χ3v) is 1.94. The van der Waals surface area contributed by atoms with Gasteiger partial charge in [0.1, 0.15) is 11.8 Å². The number of aryl methyl sites for hydroxylation is 2. The molecule has 2 heteroatoms. The second-order valence-corrected chi connectivity index (χ2v) is 2.75. The summed E-state index contributed by atoms with van der Waals surface area (Å²) in [4.78, 5) is 0. The number of benzene rings is 1. The van der Waals surface area contributed by atoms with Crippen LogP contribution in [0, 0.1) is 25.2 Å². The van der Waals surface area contributed by atoms with Crippen molar-refractivity contribution in [3.8, 4) is 11.8 Å². The minimum atomic E-state index is 0.598. The van der Waals surface area contributed by atoms with Gasteiger partial charge in [-0.1, -0.05) is 0 Å². The molecule has 1 aromatic rings. The molecule has 0 aliphatic carbocycles. The number of methoxy groups -OCH3 is 1. The lowest BCUT2D eigenvalue weighted by molar-refractivity contribution is 0.413. The minimum absolute atomic E-state index is 0.598. The maximum absolute atomic E-state index is 8.73. The zero-order chi connectivity index (χ0) is 9.14. The van der Waals surface area contributed by atoms with Crippen molar-refractivity contribution in [3.05, 3.63) is 28.8 Å². The molecule has 0 spiro atoms. The van der Waals surface area contributed by atoms with Crippen molar-refractivity contribution in [3.63, 3.8) is 0 Å². The Morgan fingerprint density at radius 1 is 1.25 bits per heavy atom. The van der Waals surface area contributed by atoms with Gasteiger partial charge in [-0.3, -0.25) is 0 Å². The van der Waals surface area contributed by atoms with Crippen LogP contribution in [0.3, 0.4) is 0 Å². The zero-order valence-electron chi connectivity index (χ0n) is 7.51. The number of nitrogens with zero attached hydrogens (tertiary/aromatic N) is 1. The molecule has 0 unspecified atom stereocenters. The van der Waals surface area contributed by atoms with Gasteiger partial charge in [-0.15, -0.1) is 0 Å². The molecular weight excluding hydrogens is 150 g/mol. The first-order valence-corrected chi connectivity index (χ1v) is 3.74. The van der Waals surface area contributed by atoms with E-state index in [1.54, 1.807) is 7.11 Å². The summed E-state index contributed by atoms with van der Waals surface area (Å²) in [6, 6.07) is 5.81. The molecule has 0 amide bonds. The third-order valence-electron chi connectivity index (χ3n) is 1.94. The third kappa shape index (κ3) is 1.40. The molecule has 62 valence electrons. The van der Waals surface area contributed by atoms with E-state index in [2.05, 4.69) is 6.07 Å². The lowest BCUT2D eigenvalue weighted by Crippen LogP contribution is -1.91. The van der Waals surface area contributed by atoms with Crippen molar-refractivity contribution in [1.29, 1.82) is 5.26 Å². The molecule has 0 bridgehead atoms. The Hall–Kier alpha value is -1.49. The van der Waals surface area contributed by atoms with Gasteiger partial charge < -0.3 is 4.74 Å². The number of nitriles is 1. The normalized spacial score (nSPS) is 9.17. The summed E-state index contributed by atoms with van der Waals surface area (Å²) in [6.45, 7) is 3.98. The summed E-state index contributed by atoms with van der Waals surface area (Å²) >= 11 is 0. The fourth-order valence-electron chi connectivity index (χ4n) is 1.05. The van der Waals surface area contributed by atoms with Crippen LogP contribution in [-0.2, 0) is 0 Å². The molecule has 0 N–H and O–H groups in total. The molecule has 0 atom stereocenters. The van der Waals surface area contributed by atoms with Crippen molar-refractivity contribution >= 4 is 0 Å². The molecule has 0 aromatic heterocycles. The van der Waals surface area contributed by atoms with Crippen LogP contribution >= 0.6 is 0 Å². The van der Waals surface area contributed by atoms with Crippen LogP contribution in [0.15, 0.2) is 12.1 Å². The predicted molar refractivity (Wildman–Crippen MR) is 47.2 cm³/mol. The highest BCUT2D eigenvalue weighted by atomic mass is 16.5. The monoisotopic (exact) mass is 161 g/mol. The van der Waals surface area contributed by atoms with Crippen LogP contribution in [0.1, 0.15) is 16.7 Å². The van der Waals surface area contributed by atoms with E-state index in [1.807, 2.05) is 26.0 Å². The van der Waals surface area contributed by atoms with Gasteiger partial charge in [-0.2, -0.15) is 5.26 Å². The van der Waals surface area contributed by atoms with Gasteiger partial charge in [0.15, 0.2) is 0 Å². The largest absolute Gasteiger partial charge is 0.495 e. The summed E-state index contributed by atoms with van der Waals surface area (Å²) in [5.74, 6) is 0.653. The Balaban J connectivity index is 3.31. The molecule has 1 aromatic carbocycles. The molecule has 0 fully saturated rings. The van der Waals surface area contributed by atoms with Gasteiger partial charge in [0.2, 0.25) is 0 Å². The van der Waals surface area contributed by atoms with Crippen molar-refractivity contribution in [2.24, 2.45) is 0 Å². The SMILES string of the molecule is COc1cc(C)c(C)cc1C#N. The second-order valence-electron chi connectivity index (χ2n) is 2.75. The van der Waals surface area contributed by atoms with Gasteiger partial charge in [-0.25, -0.2) is 0 Å². The first-order chi connectivity index (χ1) is 5.69. The lowest BCUT2D eigenvalue weighted by Gasteiger charge is -2.05. The van der Waals surface area contributed by atoms with Crippen LogP contribution < -0.4 is 4.74 Å². The highest BCUT2D eigenvalue weighted by molar-refractivity contribution is 5.48. The van der Waals surface area contributed by atoms with E-state index in [4.69, 9.17) is 10.00 Å². The first kappa shape index (κ1) is 8.61. The van der Waals surface area contributed by atoms with Gasteiger partial charge >= 0.3 is 0 Å². The molecule has 0 saturated heterocycles. The molecular formula is C10H11NO. The fraction of sp³-hybridized carbons (Fsp3) is 0.300. The van der Waals surface area contributed by atoms with Gasteiger partial charge in [-0.05, 0) is 37.1 Å². The van der Waals surface area contributed by atoms with E-state index in [0.717, 1.165) is 11.1 Å². The first-order valence-electron chi connectivity index (χ1n) is 3.74. The van der Waals surface area contributed by atoms with Crippen LogP contribution in [0.4, 0.5) is 0 Å². The molecule has 2 nitrogen and oxygen atoms in total. The maximum Gasteiger partial charge on any atom is 0.136 e. The van der Waals surface area contributed by atoms with Gasteiger partial charge in [0.05, 0.1) is 12.7 Å². The summed E-state index contributed by atoms with van der Waals surface area (Å²) in [6.07, 6.45) is 0. The highest BCUT2D eigenvalue weighted by Gasteiger charge is 2.03. The number of ether oxygens (including phenoxy) is 1. The Bertz CT molecular complexity index is 336. The van der Waals surface area contributed by atoms with Gasteiger partial charge in [0.25, 0.3) is 0 Å². The van der Waals surface area contributed by atoms with Crippen LogP contribution in [0.25, 0.3) is 0 Å². The second kappa shape index (κ2) is 3.27. The average molecular weight is 161 g/mol. The van der Waals surface area contributed by atoms with E-state index in [0.29, 0.717) is 11.3 Å². The Morgan fingerprint density at radius 2 is 1.83 bits per heavy atom. The summed E-state index contributed by atoms with van der Waals surface area (Å²) < 4.78 is 5.05. The van der Waals surface area contributed by atoms with E-state index in [1.165, 1.54) is 0 Å². The molecule has 0 aliphatic rings. The van der Waals surface area contributed by atoms with Gasteiger partial charge in [0, 0.05) is 0 Å². The Labute approximate surface area is 72.4 Å². The molecule has 0 aliphatic heterocycles. The van der Waals surface area contributed by atoms with E-state index >= 15 is 0 Å². The molecule has 12 heavy (non-hydrogen) atoms. The zero-order valence-corrected chi connectivity index (χ0v) is 7.51. The maximum atomic E-state index is 8.73. The number of rotatable bonds is 1. The quantitative estimate of drug-likeness (QED) is 0.632. The Morgan fingerprint density at radius 3 is 2.33 bits per heavy atom. The van der Waals surface area contributed by atoms with E-state index in [-0.39, 0.29) is 0 Å². The standard InChI is InChI=1S/C10H11NO/c1-7-4-9(6-11)10(12-3)5-8(7)2/h4-5H,1-3H3. The highest BCUT2D eigenvalue weighted by Crippen LogP contribution is 2.21. The van der Waals surface area contributed by atoms with E-state index in [9.17, 15) is 0 Å². The van der Waals surface area contributed by atoms with Crippen molar-refractivity contribution in [2.45, 2.75) is 13.8 Å². The van der Waals surface area contributed by atoms with Crippen molar-refractivity contribution in [1.82, 2.24) is 0 Å². The van der Waals surface area contributed by atoms with Crippen LogP contribution in [-0.4, -0.2) is 7.11 Å². The van der Waals surface area contributed by atoms with Crippen molar-refractivity contribution < 1.29 is 4.74 Å². The fourth-order valence-corrected chi connectivity index (χ4v) is 1.05. The number of hydrogen-bond donors (Lipinski definition) is 0. The smallest absolute Gasteiger partial charge is 0.136 e. The summed E-state index contributed by atoms with van der Waals surface area (Å²) in [7, 11) is 1.57. The van der Waals surface area contributed by atoms with Crippen LogP contribution in [0.5, 0.6) is 5.75 Å². The predicted octanol–water partition coefficient (Wildman–Crippen LogP) is 2.18. The summed E-state index contributed by atoms with van der Waals surface area (Å²) in [5.41, 5.74) is 2.86. The van der Waals surface area contributed by atoms with E-state index < -0.39 is 0 Å². The lowest BCUT2D eigenvalue weighted by atomic mass is 10.1. The summed E-state index contributed by atoms with van der Waals surface area (Å²) in [5, 5.41) is 8.73. The topological polar surface area (TPSA) is 33.0 Å². The molecule has 0 saturated carbocycles. The molecule has 1 rings (SSSR count). The Kier molecular flexibility index (Phi) is 2.35. The van der Waals surface area contributed by atoms with Crippen molar-refractivity contribution in [2.75, 3.05) is 7.11 Å². The molecule has 0 radical (unpaired) electrons. The van der Waals surface area contributed by atoms with Crippen LogP contribution in [0.2, 0.25) is 0 Å².